The zero-order chi connectivity index (χ0) is 11.0. The topological polar surface area (TPSA) is 40.6 Å². The molecule has 1 atom stereocenters. The number of ketones is 1. The number of hydrogen-bond donors (Lipinski definition) is 0. The van der Waals surface area contributed by atoms with Crippen molar-refractivity contribution in [3.05, 3.63) is 30.3 Å². The summed E-state index contributed by atoms with van der Waals surface area (Å²) in [6.07, 6.45) is 0. The third kappa shape index (κ3) is 1.43. The summed E-state index contributed by atoms with van der Waals surface area (Å²) in [6.45, 7) is 1.73. The molecule has 0 aliphatic carbocycles. The largest absolute Gasteiger partial charge is 0.310 e. The van der Waals surface area contributed by atoms with E-state index in [9.17, 15) is 9.59 Å². The molecule has 0 radical (unpaired) electrons. The molecule has 78 valence electrons. The van der Waals surface area contributed by atoms with E-state index in [2.05, 4.69) is 0 Å². The van der Waals surface area contributed by atoms with E-state index < -0.39 is 5.91 Å². The van der Waals surface area contributed by atoms with Crippen LogP contribution in [0.4, 0.5) is 5.69 Å². The van der Waals surface area contributed by atoms with Crippen molar-refractivity contribution < 1.29 is 9.59 Å². The number of amides is 1. The molecule has 0 saturated carbocycles. The third-order valence-electron chi connectivity index (χ3n) is 2.66. The number of benzene rings is 1. The number of carbonyl (C=O) groups is 2. The van der Waals surface area contributed by atoms with Crippen LogP contribution in [-0.2, 0) is 9.59 Å². The van der Waals surface area contributed by atoms with Gasteiger partial charge in [-0.05, 0) is 19.1 Å². The molecule has 1 aromatic rings. The molecule has 1 aliphatic heterocycles. The number of anilines is 1. The summed E-state index contributed by atoms with van der Waals surface area (Å²) in [4.78, 5) is 23.1. The monoisotopic (exact) mass is 204 g/mol. The number of carbonyl (C=O) groups excluding carboxylic acids is 2. The molecule has 1 saturated heterocycles. The Hall–Kier alpha value is -1.68. The van der Waals surface area contributed by atoms with Crippen LogP contribution in [0.3, 0.4) is 0 Å². The summed E-state index contributed by atoms with van der Waals surface area (Å²) in [7, 11) is 1.74. The maximum Gasteiger partial charge on any atom is 0.310 e. The van der Waals surface area contributed by atoms with Crippen LogP contribution in [0.1, 0.15) is 6.92 Å². The summed E-state index contributed by atoms with van der Waals surface area (Å²) < 4.78 is 0. The van der Waals surface area contributed by atoms with Gasteiger partial charge in [0.2, 0.25) is 5.78 Å². The summed E-state index contributed by atoms with van der Waals surface area (Å²) in [5.41, 5.74) is 0.725. The van der Waals surface area contributed by atoms with Crippen molar-refractivity contribution >= 4 is 17.4 Å². The van der Waals surface area contributed by atoms with Crippen LogP contribution >= 0.6 is 0 Å². The molecule has 2 rings (SSSR count). The molecule has 0 unspecified atom stereocenters. The van der Waals surface area contributed by atoms with Crippen molar-refractivity contribution in [3.63, 3.8) is 0 Å². The minimum absolute atomic E-state index is 0.360. The van der Waals surface area contributed by atoms with Gasteiger partial charge in [-0.15, -0.1) is 0 Å². The zero-order valence-corrected chi connectivity index (χ0v) is 8.68. The Kier molecular flexibility index (Phi) is 2.28. The minimum atomic E-state index is -0.462. The van der Waals surface area contributed by atoms with Crippen LogP contribution < -0.4 is 5.01 Å². The van der Waals surface area contributed by atoms with Gasteiger partial charge in [0.1, 0.15) is 0 Å². The molecule has 0 spiro atoms. The first-order chi connectivity index (χ1) is 7.13. The number of rotatable bonds is 1. The van der Waals surface area contributed by atoms with Gasteiger partial charge in [0.05, 0.1) is 11.7 Å². The zero-order valence-electron chi connectivity index (χ0n) is 8.68. The Morgan fingerprint density at radius 3 is 2.20 bits per heavy atom. The van der Waals surface area contributed by atoms with E-state index in [0.717, 1.165) is 5.69 Å². The minimum Gasteiger partial charge on any atom is -0.287 e. The van der Waals surface area contributed by atoms with Gasteiger partial charge < -0.3 is 0 Å². The van der Waals surface area contributed by atoms with E-state index in [4.69, 9.17) is 0 Å². The maximum atomic E-state index is 11.7. The van der Waals surface area contributed by atoms with Gasteiger partial charge in [0, 0.05) is 7.05 Å². The van der Waals surface area contributed by atoms with Crippen molar-refractivity contribution in [2.24, 2.45) is 0 Å². The quantitative estimate of drug-likeness (QED) is 0.636. The fourth-order valence-corrected chi connectivity index (χ4v) is 1.64. The highest BCUT2D eigenvalue weighted by Gasteiger charge is 2.41. The molecule has 0 aromatic heterocycles. The van der Waals surface area contributed by atoms with Gasteiger partial charge in [0.15, 0.2) is 0 Å². The highest BCUT2D eigenvalue weighted by Crippen LogP contribution is 2.22. The summed E-state index contributed by atoms with van der Waals surface area (Å²) in [5, 5.41) is 3.06. The highest BCUT2D eigenvalue weighted by atomic mass is 16.2. The van der Waals surface area contributed by atoms with Crippen molar-refractivity contribution in [1.82, 2.24) is 5.01 Å². The van der Waals surface area contributed by atoms with Crippen LogP contribution in [0.25, 0.3) is 0 Å². The van der Waals surface area contributed by atoms with Crippen LogP contribution in [-0.4, -0.2) is 29.8 Å². The van der Waals surface area contributed by atoms with Gasteiger partial charge in [-0.3, -0.25) is 9.59 Å². The van der Waals surface area contributed by atoms with Crippen LogP contribution in [0, 0.1) is 0 Å². The Bertz CT molecular complexity index is 402. The van der Waals surface area contributed by atoms with E-state index in [1.54, 1.807) is 31.1 Å². The van der Waals surface area contributed by atoms with Crippen molar-refractivity contribution in [1.29, 1.82) is 0 Å². The van der Waals surface area contributed by atoms with E-state index in [0.29, 0.717) is 0 Å². The standard InChI is InChI=1S/C11H12N2O2/c1-8-10(14)11(15)13(12(8)2)9-6-4-3-5-7-9/h3-8H,1-2H3/t8-/m0/s1. The van der Waals surface area contributed by atoms with Crippen LogP contribution in [0.2, 0.25) is 0 Å². The molecule has 1 aliphatic rings. The number of hydrazine groups is 1. The Labute approximate surface area is 88.1 Å². The van der Waals surface area contributed by atoms with Gasteiger partial charge >= 0.3 is 5.91 Å². The fraction of sp³-hybridized carbons (Fsp3) is 0.273. The van der Waals surface area contributed by atoms with Gasteiger partial charge in [-0.2, -0.15) is 0 Å². The lowest BCUT2D eigenvalue weighted by molar-refractivity contribution is -0.134. The van der Waals surface area contributed by atoms with Gasteiger partial charge in [-0.25, -0.2) is 10.0 Å². The average molecular weight is 204 g/mol. The molecule has 4 heteroatoms. The normalized spacial score (nSPS) is 22.5. The van der Waals surface area contributed by atoms with E-state index in [1.807, 2.05) is 18.2 Å². The van der Waals surface area contributed by atoms with Crippen LogP contribution in [0.15, 0.2) is 30.3 Å². The summed E-state index contributed by atoms with van der Waals surface area (Å²) >= 11 is 0. The Balaban J connectivity index is 2.39. The van der Waals surface area contributed by atoms with Crippen molar-refractivity contribution in [3.8, 4) is 0 Å². The molecule has 0 bridgehead atoms. The molecule has 1 fully saturated rings. The predicted octanol–water partition coefficient (Wildman–Crippen LogP) is 0.838. The van der Waals surface area contributed by atoms with E-state index in [1.165, 1.54) is 5.01 Å². The van der Waals surface area contributed by atoms with Crippen molar-refractivity contribution in [2.75, 3.05) is 12.1 Å². The maximum absolute atomic E-state index is 11.7. The third-order valence-corrected chi connectivity index (χ3v) is 2.66. The van der Waals surface area contributed by atoms with E-state index in [-0.39, 0.29) is 11.8 Å². The second kappa shape index (κ2) is 3.47. The van der Waals surface area contributed by atoms with Crippen molar-refractivity contribution in [2.45, 2.75) is 13.0 Å². The van der Waals surface area contributed by atoms with Gasteiger partial charge in [-0.1, -0.05) is 18.2 Å². The summed E-state index contributed by atoms with van der Waals surface area (Å²) in [6, 6.07) is 8.78. The highest BCUT2D eigenvalue weighted by molar-refractivity contribution is 6.44. The molecular formula is C11H12N2O2. The molecule has 15 heavy (non-hydrogen) atoms. The number of Topliss-reactive ketones (excluding diaryl/α,β-unsaturated/α-hetero) is 1. The second-order valence-electron chi connectivity index (χ2n) is 3.57. The second-order valence-corrected chi connectivity index (χ2v) is 3.57. The first-order valence-corrected chi connectivity index (χ1v) is 4.79. The average Bonchev–Trinajstić information content (AvgIpc) is 2.45. The molecule has 0 N–H and O–H groups in total. The first kappa shape index (κ1) is 9.86. The number of nitrogens with zero attached hydrogens (tertiary/aromatic N) is 2. The lowest BCUT2D eigenvalue weighted by atomic mass is 10.2. The number of hydrogen-bond acceptors (Lipinski definition) is 3. The smallest absolute Gasteiger partial charge is 0.287 e. The number of likely N-dealkylation sites (N-methyl/N-ethyl adjacent to an activating group) is 1. The van der Waals surface area contributed by atoms with Gasteiger partial charge in [0.25, 0.3) is 0 Å². The SMILES string of the molecule is C[C@H]1C(=O)C(=O)N(c2ccccc2)N1C. The Morgan fingerprint density at radius 2 is 1.73 bits per heavy atom. The first-order valence-electron chi connectivity index (χ1n) is 4.79. The van der Waals surface area contributed by atoms with E-state index >= 15 is 0 Å². The summed E-state index contributed by atoms with van der Waals surface area (Å²) in [5.74, 6) is -0.822. The van der Waals surface area contributed by atoms with Crippen LogP contribution in [0.5, 0.6) is 0 Å². The molecule has 1 aromatic carbocycles. The molecule has 1 heterocycles. The lowest BCUT2D eigenvalue weighted by Gasteiger charge is -2.25. The lowest BCUT2D eigenvalue weighted by Crippen LogP contribution is -2.38. The Morgan fingerprint density at radius 1 is 1.13 bits per heavy atom. The molecule has 1 amide bonds. The molecular weight excluding hydrogens is 192 g/mol. The molecule has 4 nitrogen and oxygen atoms in total. The predicted molar refractivity (Wildman–Crippen MR) is 56.2 cm³/mol. The number of para-hydroxylation sites is 1. The fourth-order valence-electron chi connectivity index (χ4n) is 1.64.